The van der Waals surface area contributed by atoms with Gasteiger partial charge in [-0.15, -0.1) is 0 Å². The summed E-state index contributed by atoms with van der Waals surface area (Å²) in [7, 11) is -0.905. The van der Waals surface area contributed by atoms with Gasteiger partial charge in [-0.3, -0.25) is 4.21 Å². The van der Waals surface area contributed by atoms with Crippen molar-refractivity contribution in [3.63, 3.8) is 0 Å². The molecule has 0 aromatic heterocycles. The fourth-order valence-corrected chi connectivity index (χ4v) is 1.25. The molecule has 0 heterocycles. The Hall–Kier alpha value is -0.350. The summed E-state index contributed by atoms with van der Waals surface area (Å²) in [6.45, 7) is 0. The van der Waals surface area contributed by atoms with Crippen LogP contribution in [0.15, 0.2) is 28.7 Å². The van der Waals surface area contributed by atoms with Crippen LogP contribution in [-0.4, -0.2) is 16.4 Å². The van der Waals surface area contributed by atoms with Crippen molar-refractivity contribution < 1.29 is 8.95 Å². The summed E-state index contributed by atoms with van der Waals surface area (Å²) in [5, 5.41) is 0. The summed E-state index contributed by atoms with van der Waals surface area (Å²) in [4.78, 5) is 0. The Kier molecular flexibility index (Phi) is 3.75. The molecule has 0 saturated carbocycles. The number of rotatable bonds is 3. The number of halogens is 1. The Labute approximate surface area is 82.5 Å². The predicted molar refractivity (Wildman–Crippen MR) is 53.7 cm³/mol. The van der Waals surface area contributed by atoms with Gasteiger partial charge in [0.2, 0.25) is 0 Å². The maximum absolute atomic E-state index is 10.7. The molecule has 2 nitrogen and oxygen atoms in total. The standard InChI is InChI=1S/C8H9BrO2S/c1-12(10)6-11-8-4-2-7(9)3-5-8/h2-5H,6H2,1H3. The summed E-state index contributed by atoms with van der Waals surface area (Å²) in [6.07, 6.45) is 1.61. The molecule has 4 heteroatoms. The molecule has 0 aliphatic carbocycles. The van der Waals surface area contributed by atoms with Gasteiger partial charge in [0.1, 0.15) is 5.75 Å². The second-order valence-corrected chi connectivity index (χ2v) is 4.59. The van der Waals surface area contributed by atoms with Gasteiger partial charge < -0.3 is 4.74 Å². The fraction of sp³-hybridized carbons (Fsp3) is 0.250. The van der Waals surface area contributed by atoms with E-state index in [4.69, 9.17) is 4.74 Å². The zero-order valence-corrected chi connectivity index (χ0v) is 9.02. The summed E-state index contributed by atoms with van der Waals surface area (Å²) in [6, 6.07) is 7.43. The molecule has 0 N–H and O–H groups in total. The zero-order valence-electron chi connectivity index (χ0n) is 6.62. The molecule has 0 aliphatic rings. The van der Waals surface area contributed by atoms with Gasteiger partial charge in [0.25, 0.3) is 0 Å². The third-order valence-corrected chi connectivity index (χ3v) is 2.18. The van der Waals surface area contributed by atoms with Crippen molar-refractivity contribution in [1.29, 1.82) is 0 Å². The Morgan fingerprint density at radius 2 is 2.00 bits per heavy atom. The van der Waals surface area contributed by atoms with E-state index in [0.29, 0.717) is 0 Å². The van der Waals surface area contributed by atoms with Crippen molar-refractivity contribution in [2.24, 2.45) is 0 Å². The minimum absolute atomic E-state index is 0.252. The molecule has 0 fully saturated rings. The third-order valence-electron chi connectivity index (χ3n) is 1.21. The molecule has 12 heavy (non-hydrogen) atoms. The van der Waals surface area contributed by atoms with Crippen LogP contribution in [0.2, 0.25) is 0 Å². The zero-order chi connectivity index (χ0) is 8.97. The summed E-state index contributed by atoms with van der Waals surface area (Å²) >= 11 is 3.31. The molecule has 0 amide bonds. The van der Waals surface area contributed by atoms with Gasteiger partial charge in [0, 0.05) is 10.7 Å². The highest BCUT2D eigenvalue weighted by molar-refractivity contribution is 9.10. The van der Waals surface area contributed by atoms with Crippen molar-refractivity contribution in [1.82, 2.24) is 0 Å². The number of ether oxygens (including phenoxy) is 1. The second-order valence-electron chi connectivity index (χ2n) is 2.29. The van der Waals surface area contributed by atoms with Crippen molar-refractivity contribution in [3.8, 4) is 5.75 Å². The molecule has 0 spiro atoms. The average molecular weight is 249 g/mol. The maximum Gasteiger partial charge on any atom is 0.162 e. The molecular weight excluding hydrogens is 240 g/mol. The number of benzene rings is 1. The Bertz CT molecular complexity index is 271. The SMILES string of the molecule is CS(=O)COc1ccc(Br)cc1. The van der Waals surface area contributed by atoms with Gasteiger partial charge >= 0.3 is 0 Å². The highest BCUT2D eigenvalue weighted by Crippen LogP contribution is 2.15. The van der Waals surface area contributed by atoms with E-state index in [0.717, 1.165) is 10.2 Å². The first-order valence-electron chi connectivity index (χ1n) is 3.37. The molecule has 1 aromatic carbocycles. The van der Waals surface area contributed by atoms with Crippen LogP contribution in [-0.2, 0) is 10.8 Å². The Morgan fingerprint density at radius 1 is 1.42 bits per heavy atom. The minimum Gasteiger partial charge on any atom is -0.480 e. The molecular formula is C8H9BrO2S. The average Bonchev–Trinajstić information content (AvgIpc) is 2.03. The number of hydrogen-bond donors (Lipinski definition) is 0. The Morgan fingerprint density at radius 3 is 2.50 bits per heavy atom. The van der Waals surface area contributed by atoms with Crippen LogP contribution >= 0.6 is 15.9 Å². The van der Waals surface area contributed by atoms with Gasteiger partial charge in [0.05, 0.1) is 10.8 Å². The molecule has 1 unspecified atom stereocenters. The summed E-state index contributed by atoms with van der Waals surface area (Å²) in [5.41, 5.74) is 0. The molecule has 66 valence electrons. The van der Waals surface area contributed by atoms with Crippen LogP contribution in [0.5, 0.6) is 5.75 Å². The van der Waals surface area contributed by atoms with Crippen molar-refractivity contribution >= 4 is 26.7 Å². The molecule has 1 aromatic rings. The van der Waals surface area contributed by atoms with Crippen molar-refractivity contribution in [2.75, 3.05) is 12.2 Å². The van der Waals surface area contributed by atoms with Crippen LogP contribution in [0.3, 0.4) is 0 Å². The molecule has 0 aliphatic heterocycles. The maximum atomic E-state index is 10.7. The first kappa shape index (κ1) is 9.74. The van der Waals surface area contributed by atoms with E-state index in [1.165, 1.54) is 0 Å². The first-order valence-corrected chi connectivity index (χ1v) is 5.89. The van der Waals surface area contributed by atoms with E-state index in [9.17, 15) is 4.21 Å². The molecule has 0 radical (unpaired) electrons. The molecule has 1 atom stereocenters. The van der Waals surface area contributed by atoms with Crippen molar-refractivity contribution in [3.05, 3.63) is 28.7 Å². The lowest BCUT2D eigenvalue weighted by molar-refractivity contribution is 0.387. The van der Waals surface area contributed by atoms with Gasteiger partial charge in [-0.1, -0.05) is 15.9 Å². The van der Waals surface area contributed by atoms with Gasteiger partial charge in [-0.25, -0.2) is 0 Å². The van der Waals surface area contributed by atoms with Crippen LogP contribution in [0, 0.1) is 0 Å². The second kappa shape index (κ2) is 4.62. The first-order chi connectivity index (χ1) is 5.68. The predicted octanol–water partition coefficient (Wildman–Crippen LogP) is 2.16. The van der Waals surface area contributed by atoms with Gasteiger partial charge in [-0.05, 0) is 24.3 Å². The van der Waals surface area contributed by atoms with E-state index in [-0.39, 0.29) is 5.94 Å². The fourth-order valence-electron chi connectivity index (χ4n) is 0.682. The van der Waals surface area contributed by atoms with E-state index >= 15 is 0 Å². The lowest BCUT2D eigenvalue weighted by atomic mass is 10.3. The lowest BCUT2D eigenvalue weighted by Gasteiger charge is -2.02. The largest absolute Gasteiger partial charge is 0.480 e. The van der Waals surface area contributed by atoms with Gasteiger partial charge in [-0.2, -0.15) is 0 Å². The molecule has 0 saturated heterocycles. The smallest absolute Gasteiger partial charge is 0.162 e. The van der Waals surface area contributed by atoms with Crippen LogP contribution in [0.4, 0.5) is 0 Å². The molecule has 1 rings (SSSR count). The van der Waals surface area contributed by atoms with E-state index in [1.807, 2.05) is 24.3 Å². The van der Waals surface area contributed by atoms with Crippen LogP contribution in [0.1, 0.15) is 0 Å². The lowest BCUT2D eigenvalue weighted by Crippen LogP contribution is -2.02. The highest BCUT2D eigenvalue weighted by atomic mass is 79.9. The number of hydrogen-bond acceptors (Lipinski definition) is 2. The van der Waals surface area contributed by atoms with Crippen molar-refractivity contribution in [2.45, 2.75) is 0 Å². The minimum atomic E-state index is -0.905. The monoisotopic (exact) mass is 248 g/mol. The van der Waals surface area contributed by atoms with E-state index in [2.05, 4.69) is 15.9 Å². The Balaban J connectivity index is 2.53. The van der Waals surface area contributed by atoms with E-state index < -0.39 is 10.8 Å². The summed E-state index contributed by atoms with van der Waals surface area (Å²) < 4.78 is 16.9. The quantitative estimate of drug-likeness (QED) is 0.820. The van der Waals surface area contributed by atoms with Crippen LogP contribution < -0.4 is 4.74 Å². The molecule has 0 bridgehead atoms. The summed E-state index contributed by atoms with van der Waals surface area (Å²) in [5.74, 6) is 0.996. The van der Waals surface area contributed by atoms with E-state index in [1.54, 1.807) is 6.26 Å². The highest BCUT2D eigenvalue weighted by Gasteiger charge is 1.94. The normalized spacial score (nSPS) is 12.5. The van der Waals surface area contributed by atoms with Gasteiger partial charge in [0.15, 0.2) is 5.94 Å². The topological polar surface area (TPSA) is 26.3 Å². The van der Waals surface area contributed by atoms with Crippen LogP contribution in [0.25, 0.3) is 0 Å². The third kappa shape index (κ3) is 3.36.